The van der Waals surface area contributed by atoms with E-state index >= 15 is 0 Å². The summed E-state index contributed by atoms with van der Waals surface area (Å²) >= 11 is 6.28. The van der Waals surface area contributed by atoms with Gasteiger partial charge in [-0.05, 0) is 81.0 Å². The number of imide groups is 2. The average Bonchev–Trinajstić information content (AvgIpc) is 3.55. The zero-order valence-corrected chi connectivity index (χ0v) is 32.4. The molecule has 2 fully saturated rings. The maximum atomic E-state index is 13.3. The number of carbonyl (C=O) groups is 4. The number of fused-ring (bicyclic) bond motifs is 5. The predicted octanol–water partition coefficient (Wildman–Crippen LogP) is 6.79. The van der Waals surface area contributed by atoms with Gasteiger partial charge in [0.05, 0.1) is 28.7 Å². The second-order valence-corrected chi connectivity index (χ2v) is 15.8. The predicted molar refractivity (Wildman–Crippen MR) is 215 cm³/mol. The summed E-state index contributed by atoms with van der Waals surface area (Å²) < 4.78 is 4.19. The van der Waals surface area contributed by atoms with Crippen LogP contribution in [0.3, 0.4) is 0 Å². The van der Waals surface area contributed by atoms with Gasteiger partial charge >= 0.3 is 0 Å². The number of nitrogens with zero attached hydrogens (tertiary/aromatic N) is 7. The summed E-state index contributed by atoms with van der Waals surface area (Å²) in [5.74, 6) is -0.261. The molecule has 1 saturated heterocycles. The molecular formula is C43H42ClN9O4. The molecule has 1 aliphatic carbocycles. The summed E-state index contributed by atoms with van der Waals surface area (Å²) in [5, 5.41) is 20.0. The first-order valence-electron chi connectivity index (χ1n) is 19.8. The number of piperidine rings is 1. The Morgan fingerprint density at radius 3 is 2.42 bits per heavy atom. The zero-order valence-electron chi connectivity index (χ0n) is 31.6. The molecule has 9 rings (SSSR count). The molecule has 3 aliphatic heterocycles. The molecule has 2 N–H and O–H groups in total. The van der Waals surface area contributed by atoms with Gasteiger partial charge in [-0.3, -0.25) is 43.6 Å². The number of hydrogen-bond donors (Lipinski definition) is 2. The van der Waals surface area contributed by atoms with Gasteiger partial charge in [0.2, 0.25) is 11.8 Å². The number of amides is 4. The first-order chi connectivity index (χ1) is 27.7. The number of benzene rings is 3. The van der Waals surface area contributed by atoms with E-state index in [-0.39, 0.29) is 23.9 Å². The van der Waals surface area contributed by atoms with Crippen molar-refractivity contribution < 1.29 is 19.2 Å². The first kappa shape index (κ1) is 36.7. The van der Waals surface area contributed by atoms with Crippen LogP contribution in [-0.4, -0.2) is 71.4 Å². The van der Waals surface area contributed by atoms with Gasteiger partial charge in [0.15, 0.2) is 5.82 Å². The van der Waals surface area contributed by atoms with Crippen LogP contribution in [0.2, 0.25) is 5.02 Å². The van der Waals surface area contributed by atoms with Gasteiger partial charge in [0.25, 0.3) is 11.8 Å². The van der Waals surface area contributed by atoms with E-state index in [9.17, 15) is 19.2 Å². The third kappa shape index (κ3) is 6.83. The number of aliphatic imine (C=N–C) groups is 1. The highest BCUT2D eigenvalue weighted by atomic mass is 35.5. The molecule has 1 spiro atoms. The first-order valence-corrected chi connectivity index (χ1v) is 20.1. The lowest BCUT2D eigenvalue weighted by Crippen LogP contribution is -2.54. The van der Waals surface area contributed by atoms with E-state index in [1.807, 2.05) is 42.1 Å². The van der Waals surface area contributed by atoms with E-state index < -0.39 is 29.7 Å². The molecule has 13 nitrogen and oxygen atoms in total. The molecule has 5 heterocycles. The maximum Gasteiger partial charge on any atom is 0.264 e. The molecule has 57 heavy (non-hydrogen) atoms. The average molecular weight is 784 g/mol. The minimum Gasteiger partial charge on any atom is -0.384 e. The van der Waals surface area contributed by atoms with Crippen LogP contribution in [-0.2, 0) is 21.7 Å². The third-order valence-electron chi connectivity index (χ3n) is 11.5. The van der Waals surface area contributed by atoms with Gasteiger partial charge in [-0.2, -0.15) is 5.10 Å². The van der Waals surface area contributed by atoms with E-state index in [2.05, 4.69) is 49.8 Å². The summed E-state index contributed by atoms with van der Waals surface area (Å²) in [6.45, 7) is 3.48. The van der Waals surface area contributed by atoms with Crippen LogP contribution >= 0.6 is 11.6 Å². The van der Waals surface area contributed by atoms with Crippen LogP contribution < -0.4 is 10.6 Å². The second-order valence-electron chi connectivity index (χ2n) is 15.4. The number of aromatic nitrogens is 5. The quantitative estimate of drug-likeness (QED) is 0.0978. The van der Waals surface area contributed by atoms with E-state index in [4.69, 9.17) is 21.7 Å². The Morgan fingerprint density at radius 1 is 0.860 bits per heavy atom. The molecule has 1 atom stereocenters. The number of carbonyl (C=O) groups excluding carboxylic acids is 4. The number of nitrogens with one attached hydrogen (secondary N) is 2. The Bertz CT molecular complexity index is 2460. The van der Waals surface area contributed by atoms with Gasteiger partial charge in [-0.25, -0.2) is 0 Å². The minimum absolute atomic E-state index is 0.0898. The van der Waals surface area contributed by atoms with E-state index in [1.54, 1.807) is 18.2 Å². The highest BCUT2D eigenvalue weighted by Gasteiger charge is 2.51. The molecule has 4 aliphatic rings. The molecule has 14 heteroatoms. The molecule has 3 aromatic carbocycles. The van der Waals surface area contributed by atoms with Crippen molar-refractivity contribution >= 4 is 46.6 Å². The van der Waals surface area contributed by atoms with Crippen LogP contribution in [0.1, 0.15) is 108 Å². The standard InChI is InChI=1S/C43H42ClN9O4/c1-26-49-50-42-43(19-20-43)48-38(27-11-14-30(44)15-12-27)32-23-28(13-16-34(32)52(26)42)29-24-46-51(25-29)22-7-5-3-2-4-6-21-45-33-10-8-9-31-37(33)41(57)53(40(31)56)35-17-18-36(54)47-39(35)55/h8-16,23-25,35,45H,2-7,17-22H2,1H3,(H,47,54,55). The lowest BCUT2D eigenvalue weighted by Gasteiger charge is -2.27. The number of anilines is 1. The lowest BCUT2D eigenvalue weighted by atomic mass is 9.96. The number of unbranched alkanes of at least 4 members (excludes halogenated alkanes) is 5. The van der Waals surface area contributed by atoms with Crippen LogP contribution in [0.25, 0.3) is 16.8 Å². The lowest BCUT2D eigenvalue weighted by molar-refractivity contribution is -0.136. The summed E-state index contributed by atoms with van der Waals surface area (Å²) in [6.07, 6.45) is 12.4. The second kappa shape index (κ2) is 14.8. The Labute approximate surface area is 334 Å². The fourth-order valence-corrected chi connectivity index (χ4v) is 8.41. The highest BCUT2D eigenvalue weighted by Crippen LogP contribution is 2.52. The number of halogens is 1. The van der Waals surface area contributed by atoms with Crippen molar-refractivity contribution in [2.45, 2.75) is 89.3 Å². The minimum atomic E-state index is -0.979. The van der Waals surface area contributed by atoms with Crippen molar-refractivity contribution in [3.05, 3.63) is 112 Å². The SMILES string of the molecule is Cc1nnc2n1-c1ccc(-c3cnn(CCCCCCCCNc4cccc5c4C(=O)N(C4CCC(=O)NC4=O)C5=O)c3)cc1C(c1ccc(Cl)cc1)=NC21CC1. The molecule has 0 bridgehead atoms. The van der Waals surface area contributed by atoms with Gasteiger partial charge < -0.3 is 5.32 Å². The summed E-state index contributed by atoms with van der Waals surface area (Å²) in [5.41, 5.74) is 6.90. The van der Waals surface area contributed by atoms with Crippen molar-refractivity contribution in [2.75, 3.05) is 11.9 Å². The molecule has 290 valence electrons. The molecule has 1 unspecified atom stereocenters. The van der Waals surface area contributed by atoms with Crippen molar-refractivity contribution in [2.24, 2.45) is 4.99 Å². The summed E-state index contributed by atoms with van der Waals surface area (Å²) in [6, 6.07) is 18.5. The molecule has 2 aromatic heterocycles. The van der Waals surface area contributed by atoms with Gasteiger partial charge in [0.1, 0.15) is 17.4 Å². The number of aryl methyl sites for hydroxylation is 2. The van der Waals surface area contributed by atoms with Crippen LogP contribution in [0.4, 0.5) is 5.69 Å². The zero-order chi connectivity index (χ0) is 39.3. The highest BCUT2D eigenvalue weighted by molar-refractivity contribution is 6.30. The molecular weight excluding hydrogens is 742 g/mol. The van der Waals surface area contributed by atoms with Gasteiger partial charge in [-0.1, -0.05) is 61.5 Å². The molecule has 4 amide bonds. The van der Waals surface area contributed by atoms with Gasteiger partial charge in [-0.15, -0.1) is 10.2 Å². The summed E-state index contributed by atoms with van der Waals surface area (Å²) in [4.78, 5) is 56.9. The largest absolute Gasteiger partial charge is 0.384 e. The van der Waals surface area contributed by atoms with Crippen molar-refractivity contribution in [3.8, 4) is 16.8 Å². The molecule has 1 saturated carbocycles. The Kier molecular flexibility index (Phi) is 9.55. The van der Waals surface area contributed by atoms with E-state index in [0.717, 1.165) is 108 Å². The third-order valence-corrected chi connectivity index (χ3v) is 11.7. The Hall–Kier alpha value is -5.95. The Balaban J connectivity index is 0.773. The number of rotatable bonds is 13. The van der Waals surface area contributed by atoms with E-state index in [0.29, 0.717) is 22.8 Å². The van der Waals surface area contributed by atoms with Crippen LogP contribution in [0, 0.1) is 6.92 Å². The topological polar surface area (TPSA) is 156 Å². The summed E-state index contributed by atoms with van der Waals surface area (Å²) in [7, 11) is 0. The molecule has 5 aromatic rings. The van der Waals surface area contributed by atoms with Gasteiger partial charge in [0, 0.05) is 53.1 Å². The molecule has 0 radical (unpaired) electrons. The van der Waals surface area contributed by atoms with Crippen LogP contribution in [0.15, 0.2) is 78.0 Å². The monoisotopic (exact) mass is 783 g/mol. The Morgan fingerprint density at radius 2 is 1.63 bits per heavy atom. The fraction of sp³-hybridized carbons (Fsp3) is 0.349. The number of hydrogen-bond acceptors (Lipinski definition) is 9. The normalized spacial score (nSPS) is 17.9. The smallest absolute Gasteiger partial charge is 0.264 e. The fourth-order valence-electron chi connectivity index (χ4n) is 8.28. The van der Waals surface area contributed by atoms with Crippen LogP contribution in [0.5, 0.6) is 0 Å². The van der Waals surface area contributed by atoms with Crippen molar-refractivity contribution in [1.29, 1.82) is 0 Å². The maximum absolute atomic E-state index is 13.3. The van der Waals surface area contributed by atoms with Crippen molar-refractivity contribution in [3.63, 3.8) is 0 Å². The van der Waals surface area contributed by atoms with E-state index in [1.165, 1.54) is 0 Å². The van der Waals surface area contributed by atoms with Crippen molar-refractivity contribution in [1.82, 2.24) is 34.8 Å².